The third kappa shape index (κ3) is 1.49. The largest absolute Gasteiger partial charge is 0.497 e. The predicted molar refractivity (Wildman–Crippen MR) is 54.2 cm³/mol. The third-order valence-corrected chi connectivity index (χ3v) is 2.72. The molecule has 1 aromatic carbocycles. The van der Waals surface area contributed by atoms with E-state index in [0.717, 1.165) is 11.3 Å². The van der Waals surface area contributed by atoms with E-state index in [9.17, 15) is 0 Å². The van der Waals surface area contributed by atoms with Gasteiger partial charge in [-0.1, -0.05) is 6.07 Å². The molecule has 2 N–H and O–H groups in total. The molecule has 1 heterocycles. The Hall–Kier alpha value is -1.06. The molecule has 0 bridgehead atoms. The van der Waals surface area contributed by atoms with Crippen LogP contribution in [0.25, 0.3) is 0 Å². The summed E-state index contributed by atoms with van der Waals surface area (Å²) < 4.78 is 10.7. The van der Waals surface area contributed by atoms with Crippen molar-refractivity contribution in [1.29, 1.82) is 0 Å². The molecular formula is C11H15NO2. The van der Waals surface area contributed by atoms with E-state index in [4.69, 9.17) is 15.2 Å². The highest BCUT2D eigenvalue weighted by atomic mass is 16.5. The van der Waals surface area contributed by atoms with E-state index in [2.05, 4.69) is 0 Å². The Kier molecular flexibility index (Phi) is 2.44. The average molecular weight is 193 g/mol. The Morgan fingerprint density at radius 2 is 2.29 bits per heavy atom. The van der Waals surface area contributed by atoms with Crippen molar-refractivity contribution in [2.45, 2.75) is 25.7 Å². The maximum absolute atomic E-state index is 6.02. The molecule has 0 saturated heterocycles. The summed E-state index contributed by atoms with van der Waals surface area (Å²) in [5, 5.41) is 0. The first-order valence-electron chi connectivity index (χ1n) is 4.76. The van der Waals surface area contributed by atoms with Gasteiger partial charge in [-0.3, -0.25) is 0 Å². The summed E-state index contributed by atoms with van der Waals surface area (Å²) in [6, 6.07) is 5.93. The van der Waals surface area contributed by atoms with Gasteiger partial charge < -0.3 is 15.2 Å². The summed E-state index contributed by atoms with van der Waals surface area (Å²) in [5.41, 5.74) is 8.32. The summed E-state index contributed by atoms with van der Waals surface area (Å²) in [6.07, 6.45) is 0.0934. The molecule has 0 amide bonds. The van der Waals surface area contributed by atoms with Crippen LogP contribution in [-0.4, -0.2) is 13.2 Å². The number of ether oxygens (including phenoxy) is 2. The van der Waals surface area contributed by atoms with Gasteiger partial charge >= 0.3 is 0 Å². The van der Waals surface area contributed by atoms with Crippen molar-refractivity contribution < 1.29 is 9.47 Å². The highest BCUT2D eigenvalue weighted by molar-refractivity contribution is 5.38. The van der Waals surface area contributed by atoms with Crippen LogP contribution in [0.1, 0.15) is 24.1 Å². The summed E-state index contributed by atoms with van der Waals surface area (Å²) in [4.78, 5) is 0. The SMILES string of the molecule is COc1ccc2c(c1)CO[C@H](C)[C@@H]2N. The van der Waals surface area contributed by atoms with Crippen LogP contribution in [0.3, 0.4) is 0 Å². The van der Waals surface area contributed by atoms with Crippen LogP contribution in [0.5, 0.6) is 5.75 Å². The summed E-state index contributed by atoms with van der Waals surface area (Å²) in [6.45, 7) is 2.62. The molecule has 0 aliphatic carbocycles. The molecule has 1 aromatic rings. The van der Waals surface area contributed by atoms with Gasteiger partial charge in [-0.05, 0) is 30.2 Å². The van der Waals surface area contributed by atoms with Gasteiger partial charge in [0, 0.05) is 0 Å². The highest BCUT2D eigenvalue weighted by Gasteiger charge is 2.23. The van der Waals surface area contributed by atoms with Gasteiger partial charge in [-0.15, -0.1) is 0 Å². The average Bonchev–Trinajstić information content (AvgIpc) is 2.23. The van der Waals surface area contributed by atoms with Crippen LogP contribution in [0.2, 0.25) is 0 Å². The Morgan fingerprint density at radius 3 is 3.00 bits per heavy atom. The van der Waals surface area contributed by atoms with Crippen molar-refractivity contribution in [2.24, 2.45) is 5.73 Å². The van der Waals surface area contributed by atoms with Crippen molar-refractivity contribution in [1.82, 2.24) is 0 Å². The predicted octanol–water partition coefficient (Wildman–Crippen LogP) is 1.61. The van der Waals surface area contributed by atoms with Gasteiger partial charge in [0.15, 0.2) is 0 Å². The Balaban J connectivity index is 2.38. The second kappa shape index (κ2) is 3.59. The van der Waals surface area contributed by atoms with Crippen LogP contribution in [-0.2, 0) is 11.3 Å². The minimum Gasteiger partial charge on any atom is -0.497 e. The molecule has 2 rings (SSSR count). The Morgan fingerprint density at radius 1 is 1.50 bits per heavy atom. The van der Waals surface area contributed by atoms with E-state index in [0.29, 0.717) is 6.61 Å². The van der Waals surface area contributed by atoms with Gasteiger partial charge in [0.1, 0.15) is 5.75 Å². The molecule has 1 aliphatic heterocycles. The zero-order chi connectivity index (χ0) is 10.1. The third-order valence-electron chi connectivity index (χ3n) is 2.72. The van der Waals surface area contributed by atoms with E-state index in [1.165, 1.54) is 5.56 Å². The number of hydrogen-bond donors (Lipinski definition) is 1. The topological polar surface area (TPSA) is 44.5 Å². The lowest BCUT2D eigenvalue weighted by Gasteiger charge is -2.28. The maximum Gasteiger partial charge on any atom is 0.119 e. The number of benzene rings is 1. The van der Waals surface area contributed by atoms with Crippen LogP contribution >= 0.6 is 0 Å². The first-order chi connectivity index (χ1) is 6.72. The fraction of sp³-hybridized carbons (Fsp3) is 0.455. The smallest absolute Gasteiger partial charge is 0.119 e. The molecule has 0 radical (unpaired) electrons. The molecule has 2 atom stereocenters. The van der Waals surface area contributed by atoms with Crippen molar-refractivity contribution in [3.63, 3.8) is 0 Å². The maximum atomic E-state index is 6.02. The second-order valence-corrected chi connectivity index (χ2v) is 3.61. The van der Waals surface area contributed by atoms with Crippen molar-refractivity contribution >= 4 is 0 Å². The molecule has 0 aromatic heterocycles. The molecule has 0 fully saturated rings. The minimum absolute atomic E-state index is 0.0235. The molecule has 1 aliphatic rings. The number of methoxy groups -OCH3 is 1. The van der Waals surface area contributed by atoms with E-state index in [1.807, 2.05) is 25.1 Å². The highest BCUT2D eigenvalue weighted by Crippen LogP contribution is 2.30. The zero-order valence-electron chi connectivity index (χ0n) is 8.49. The van der Waals surface area contributed by atoms with Crippen molar-refractivity contribution in [2.75, 3.05) is 7.11 Å². The molecule has 14 heavy (non-hydrogen) atoms. The normalized spacial score (nSPS) is 25.6. The lowest BCUT2D eigenvalue weighted by molar-refractivity contribution is 0.0212. The van der Waals surface area contributed by atoms with E-state index < -0.39 is 0 Å². The number of nitrogens with two attached hydrogens (primary N) is 1. The second-order valence-electron chi connectivity index (χ2n) is 3.61. The molecule has 3 heteroatoms. The van der Waals surface area contributed by atoms with Gasteiger partial charge in [0.25, 0.3) is 0 Å². The first-order valence-corrected chi connectivity index (χ1v) is 4.76. The molecule has 3 nitrogen and oxygen atoms in total. The number of fused-ring (bicyclic) bond motifs is 1. The minimum atomic E-state index is -0.0235. The lowest BCUT2D eigenvalue weighted by Crippen LogP contribution is -2.31. The first kappa shape index (κ1) is 9.49. The van der Waals surface area contributed by atoms with E-state index in [-0.39, 0.29) is 12.1 Å². The zero-order valence-corrected chi connectivity index (χ0v) is 8.49. The summed E-state index contributed by atoms with van der Waals surface area (Å²) >= 11 is 0. The van der Waals surface area contributed by atoms with Crippen molar-refractivity contribution in [3.05, 3.63) is 29.3 Å². The molecule has 76 valence electrons. The number of hydrogen-bond acceptors (Lipinski definition) is 3. The number of rotatable bonds is 1. The molecule has 0 unspecified atom stereocenters. The quantitative estimate of drug-likeness (QED) is 0.737. The lowest BCUT2D eigenvalue weighted by atomic mass is 9.95. The van der Waals surface area contributed by atoms with Gasteiger partial charge in [0.05, 0.1) is 25.9 Å². The molecule has 0 spiro atoms. The van der Waals surface area contributed by atoms with Gasteiger partial charge in [-0.25, -0.2) is 0 Å². The fourth-order valence-corrected chi connectivity index (χ4v) is 1.74. The van der Waals surface area contributed by atoms with Crippen LogP contribution < -0.4 is 10.5 Å². The van der Waals surface area contributed by atoms with Gasteiger partial charge in [0.2, 0.25) is 0 Å². The standard InChI is InChI=1S/C11H15NO2/c1-7-11(12)10-4-3-9(13-2)5-8(10)6-14-7/h3-5,7,11H,6,12H2,1-2H3/t7-,11+/m1/s1. The van der Waals surface area contributed by atoms with Crippen molar-refractivity contribution in [3.8, 4) is 5.75 Å². The van der Waals surface area contributed by atoms with Crippen LogP contribution in [0.15, 0.2) is 18.2 Å². The Labute approximate surface area is 83.8 Å². The fourth-order valence-electron chi connectivity index (χ4n) is 1.74. The molecular weight excluding hydrogens is 178 g/mol. The summed E-state index contributed by atoms with van der Waals surface area (Å²) in [7, 11) is 1.66. The monoisotopic (exact) mass is 193 g/mol. The van der Waals surface area contributed by atoms with Crippen LogP contribution in [0, 0.1) is 0 Å². The summed E-state index contributed by atoms with van der Waals surface area (Å²) in [5.74, 6) is 0.856. The van der Waals surface area contributed by atoms with Crippen LogP contribution in [0.4, 0.5) is 0 Å². The molecule has 0 saturated carbocycles. The Bertz CT molecular complexity index is 338. The van der Waals surface area contributed by atoms with E-state index in [1.54, 1.807) is 7.11 Å². The van der Waals surface area contributed by atoms with Gasteiger partial charge in [-0.2, -0.15) is 0 Å². The van der Waals surface area contributed by atoms with E-state index >= 15 is 0 Å².